The number of ether oxygens (including phenoxy) is 3. The van der Waals surface area contributed by atoms with Gasteiger partial charge in [0.1, 0.15) is 17.3 Å². The Morgan fingerprint density at radius 2 is 1.75 bits per heavy atom. The molecule has 124 valence electrons. The van der Waals surface area contributed by atoms with Crippen LogP contribution in [0, 0.1) is 0 Å². The van der Waals surface area contributed by atoms with Gasteiger partial charge < -0.3 is 14.2 Å². The maximum absolute atomic E-state index is 12.7. The molecule has 0 bridgehead atoms. The van der Waals surface area contributed by atoms with Gasteiger partial charge in [0, 0.05) is 0 Å². The van der Waals surface area contributed by atoms with Crippen LogP contribution in [0.3, 0.4) is 0 Å². The van der Waals surface area contributed by atoms with Crippen LogP contribution in [0.15, 0.2) is 54.6 Å². The van der Waals surface area contributed by atoms with E-state index in [1.54, 1.807) is 31.4 Å². The molecule has 24 heavy (non-hydrogen) atoms. The largest absolute Gasteiger partial charge is 0.497 e. The highest BCUT2D eigenvalue weighted by Gasteiger charge is 2.57. The van der Waals surface area contributed by atoms with Gasteiger partial charge in [0.2, 0.25) is 0 Å². The molecule has 2 atom stereocenters. The summed E-state index contributed by atoms with van der Waals surface area (Å²) in [5.41, 5.74) is 0.223. The molecule has 2 aromatic carbocycles. The van der Waals surface area contributed by atoms with Crippen LogP contribution < -0.4 is 4.74 Å². The average molecular weight is 326 g/mol. The highest BCUT2D eigenvalue weighted by molar-refractivity contribution is 5.92. The van der Waals surface area contributed by atoms with Crippen LogP contribution in [0.1, 0.15) is 23.7 Å². The molecule has 1 aliphatic rings. The van der Waals surface area contributed by atoms with Crippen LogP contribution in [-0.4, -0.2) is 26.2 Å². The lowest BCUT2D eigenvalue weighted by atomic mass is 9.72. The third-order valence-corrected chi connectivity index (χ3v) is 4.38. The molecule has 1 saturated heterocycles. The summed E-state index contributed by atoms with van der Waals surface area (Å²) in [6.45, 7) is 0. The first-order valence-corrected chi connectivity index (χ1v) is 7.59. The molecule has 0 saturated carbocycles. The molecule has 1 fully saturated rings. The number of hydrogen-bond acceptors (Lipinski definition) is 5. The number of cyclic esters (lactones) is 1. The summed E-state index contributed by atoms with van der Waals surface area (Å²) in [6.07, 6.45) is -0.800. The van der Waals surface area contributed by atoms with E-state index in [2.05, 4.69) is 0 Å². The fourth-order valence-electron chi connectivity index (χ4n) is 3.19. The van der Waals surface area contributed by atoms with Crippen LogP contribution in [0.2, 0.25) is 0 Å². The summed E-state index contributed by atoms with van der Waals surface area (Å²) in [6, 6.07) is 16.3. The zero-order valence-corrected chi connectivity index (χ0v) is 13.5. The van der Waals surface area contributed by atoms with Gasteiger partial charge in [-0.2, -0.15) is 0 Å². The van der Waals surface area contributed by atoms with Crippen molar-refractivity contribution >= 4 is 11.9 Å². The fraction of sp³-hybridized carbons (Fsp3) is 0.263. The van der Waals surface area contributed by atoms with Crippen molar-refractivity contribution in [3.05, 3.63) is 65.7 Å². The molecule has 0 amide bonds. The smallest absolute Gasteiger partial charge is 0.321 e. The van der Waals surface area contributed by atoms with Crippen molar-refractivity contribution in [1.29, 1.82) is 0 Å². The zero-order chi connectivity index (χ0) is 17.2. The van der Waals surface area contributed by atoms with Crippen molar-refractivity contribution in [3.8, 4) is 5.75 Å². The molecule has 2 aromatic rings. The lowest BCUT2D eigenvalue weighted by molar-refractivity contribution is -0.150. The van der Waals surface area contributed by atoms with Crippen molar-refractivity contribution in [2.24, 2.45) is 0 Å². The van der Waals surface area contributed by atoms with Crippen LogP contribution in [0.25, 0.3) is 0 Å². The summed E-state index contributed by atoms with van der Waals surface area (Å²) in [4.78, 5) is 24.8. The SMILES string of the molecule is COC(=O)[C@]1(c2ccccc2)CC(=O)O[C@H]1c1ccc(OC)cc1. The molecule has 0 aliphatic carbocycles. The minimum Gasteiger partial charge on any atom is -0.497 e. The molecule has 1 aliphatic heterocycles. The Morgan fingerprint density at radius 3 is 2.33 bits per heavy atom. The van der Waals surface area contributed by atoms with Crippen LogP contribution in [0.4, 0.5) is 0 Å². The van der Waals surface area contributed by atoms with Crippen LogP contribution in [-0.2, 0) is 24.5 Å². The number of carbonyl (C=O) groups is 2. The van der Waals surface area contributed by atoms with Gasteiger partial charge in [0.05, 0.1) is 20.6 Å². The van der Waals surface area contributed by atoms with Gasteiger partial charge in [-0.05, 0) is 23.3 Å². The monoisotopic (exact) mass is 326 g/mol. The van der Waals surface area contributed by atoms with Crippen LogP contribution in [0.5, 0.6) is 5.75 Å². The summed E-state index contributed by atoms with van der Waals surface area (Å²) < 4.78 is 15.7. The van der Waals surface area contributed by atoms with E-state index in [1.165, 1.54) is 7.11 Å². The topological polar surface area (TPSA) is 61.8 Å². The highest BCUT2D eigenvalue weighted by Crippen LogP contribution is 2.49. The molecule has 5 nitrogen and oxygen atoms in total. The Labute approximate surface area is 140 Å². The third kappa shape index (κ3) is 2.52. The average Bonchev–Trinajstić information content (AvgIpc) is 3.00. The number of esters is 2. The highest BCUT2D eigenvalue weighted by atomic mass is 16.6. The van der Waals surface area contributed by atoms with Crippen molar-refractivity contribution in [1.82, 2.24) is 0 Å². The molecule has 0 aromatic heterocycles. The van der Waals surface area contributed by atoms with E-state index < -0.39 is 23.5 Å². The molecular formula is C19H18O5. The van der Waals surface area contributed by atoms with Crippen molar-refractivity contribution in [2.75, 3.05) is 14.2 Å². The van der Waals surface area contributed by atoms with E-state index >= 15 is 0 Å². The van der Waals surface area contributed by atoms with E-state index in [1.807, 2.05) is 30.3 Å². The minimum atomic E-state index is -1.19. The molecule has 0 unspecified atom stereocenters. The van der Waals surface area contributed by atoms with Crippen molar-refractivity contribution in [2.45, 2.75) is 17.9 Å². The first-order chi connectivity index (χ1) is 11.6. The molecule has 0 N–H and O–H groups in total. The van der Waals surface area contributed by atoms with Gasteiger partial charge in [-0.25, -0.2) is 0 Å². The standard InChI is InChI=1S/C19H18O5/c1-22-15-10-8-13(9-11-15)17-19(18(21)23-2,12-16(20)24-17)14-6-4-3-5-7-14/h3-11,17H,12H2,1-2H3/t17-,19-/m0/s1. The minimum absolute atomic E-state index is 0.0552. The van der Waals surface area contributed by atoms with E-state index in [0.717, 1.165) is 5.56 Å². The lowest BCUT2D eigenvalue weighted by Gasteiger charge is -2.30. The van der Waals surface area contributed by atoms with E-state index in [9.17, 15) is 9.59 Å². The Hall–Kier alpha value is -2.82. The maximum atomic E-state index is 12.7. The van der Waals surface area contributed by atoms with Gasteiger partial charge >= 0.3 is 11.9 Å². The summed E-state index contributed by atoms with van der Waals surface area (Å²) >= 11 is 0. The Balaban J connectivity index is 2.14. The fourth-order valence-corrected chi connectivity index (χ4v) is 3.19. The van der Waals surface area contributed by atoms with Gasteiger partial charge in [-0.1, -0.05) is 42.5 Å². The predicted octanol–water partition coefficient (Wildman–Crippen LogP) is 2.79. The first-order valence-electron chi connectivity index (χ1n) is 7.59. The van der Waals surface area contributed by atoms with Crippen LogP contribution >= 0.6 is 0 Å². The van der Waals surface area contributed by atoms with Crippen molar-refractivity contribution < 1.29 is 23.8 Å². The number of methoxy groups -OCH3 is 2. The van der Waals surface area contributed by atoms with E-state index in [-0.39, 0.29) is 6.42 Å². The van der Waals surface area contributed by atoms with Crippen molar-refractivity contribution in [3.63, 3.8) is 0 Å². The van der Waals surface area contributed by atoms with Gasteiger partial charge in [0.25, 0.3) is 0 Å². The predicted molar refractivity (Wildman–Crippen MR) is 86.6 cm³/mol. The van der Waals surface area contributed by atoms with E-state index in [4.69, 9.17) is 14.2 Å². The molecular weight excluding hydrogens is 308 g/mol. The quantitative estimate of drug-likeness (QED) is 0.809. The molecule has 1 heterocycles. The Bertz CT molecular complexity index is 738. The second kappa shape index (κ2) is 6.35. The number of rotatable bonds is 4. The second-order valence-electron chi connectivity index (χ2n) is 5.65. The van der Waals surface area contributed by atoms with Gasteiger partial charge in [-0.3, -0.25) is 9.59 Å². The number of hydrogen-bond donors (Lipinski definition) is 0. The molecule has 0 spiro atoms. The molecule has 0 radical (unpaired) electrons. The lowest BCUT2D eigenvalue weighted by Crippen LogP contribution is -2.39. The Morgan fingerprint density at radius 1 is 1.08 bits per heavy atom. The Kier molecular flexibility index (Phi) is 4.25. The normalized spacial score (nSPS) is 22.8. The molecule has 3 rings (SSSR count). The van der Waals surface area contributed by atoms with E-state index in [0.29, 0.717) is 11.3 Å². The number of carbonyl (C=O) groups excluding carboxylic acids is 2. The summed E-state index contributed by atoms with van der Waals surface area (Å²) in [7, 11) is 2.90. The summed E-state index contributed by atoms with van der Waals surface area (Å²) in [5.74, 6) is -0.225. The first kappa shape index (κ1) is 16.1. The molecule has 5 heteroatoms. The van der Waals surface area contributed by atoms with Gasteiger partial charge in [0.15, 0.2) is 0 Å². The zero-order valence-electron chi connectivity index (χ0n) is 13.5. The summed E-state index contributed by atoms with van der Waals surface area (Å²) in [5, 5.41) is 0. The second-order valence-corrected chi connectivity index (χ2v) is 5.65. The third-order valence-electron chi connectivity index (χ3n) is 4.38. The number of benzene rings is 2. The van der Waals surface area contributed by atoms with Gasteiger partial charge in [-0.15, -0.1) is 0 Å². The maximum Gasteiger partial charge on any atom is 0.321 e.